The molecular weight excluding hydrogens is 421 g/mol. The summed E-state index contributed by atoms with van der Waals surface area (Å²) in [5.74, 6) is -0.0332. The molecule has 0 heterocycles. The Morgan fingerprint density at radius 1 is 1.12 bits per heavy atom. The summed E-state index contributed by atoms with van der Waals surface area (Å²) in [7, 11) is -3.67. The molecule has 0 aliphatic rings. The summed E-state index contributed by atoms with van der Waals surface area (Å²) >= 11 is 12.9. The molecule has 5 N–H and O–H groups in total. The van der Waals surface area contributed by atoms with Gasteiger partial charge in [0.2, 0.25) is 5.12 Å². The zero-order chi connectivity index (χ0) is 19.9. The maximum absolute atomic E-state index is 12.2. The lowest BCUT2D eigenvalue weighted by atomic mass is 10.2. The standard InChI is InChI=1S/C14H11Cl2N3OS.CH4O3S/c15-9-3-6-11(16)12(7-9)21-13(20)8-1-4-10(5-2-8)19-14(17)18;1-5(2,3)4/h1-7H,(H4,17,18,19);1H3,(H,2,3,4). The Labute approximate surface area is 165 Å². The summed E-state index contributed by atoms with van der Waals surface area (Å²) in [6, 6.07) is 11.6. The summed E-state index contributed by atoms with van der Waals surface area (Å²) in [5, 5.41) is 0.864. The molecule has 0 aliphatic heterocycles. The largest absolute Gasteiger partial charge is 0.370 e. The van der Waals surface area contributed by atoms with Gasteiger partial charge in [-0.25, -0.2) is 4.99 Å². The van der Waals surface area contributed by atoms with E-state index in [4.69, 9.17) is 39.2 Å². The van der Waals surface area contributed by atoms with Crippen molar-refractivity contribution in [2.45, 2.75) is 4.90 Å². The maximum atomic E-state index is 12.2. The van der Waals surface area contributed by atoms with Gasteiger partial charge in [0.1, 0.15) is 0 Å². The Balaban J connectivity index is 0.000000597. The average Bonchev–Trinajstić information content (AvgIpc) is 2.49. The maximum Gasteiger partial charge on any atom is 0.261 e. The van der Waals surface area contributed by atoms with E-state index >= 15 is 0 Å². The topological polar surface area (TPSA) is 136 Å². The van der Waals surface area contributed by atoms with E-state index in [9.17, 15) is 13.2 Å². The fourth-order valence-electron chi connectivity index (χ4n) is 1.54. The van der Waals surface area contributed by atoms with Crippen molar-refractivity contribution < 1.29 is 17.8 Å². The second-order valence-corrected chi connectivity index (χ2v) is 8.11. The van der Waals surface area contributed by atoms with Crippen molar-refractivity contribution >= 4 is 61.8 Å². The highest BCUT2D eigenvalue weighted by Gasteiger charge is 2.11. The molecule has 0 fully saturated rings. The van der Waals surface area contributed by atoms with Gasteiger partial charge in [0.15, 0.2) is 5.96 Å². The molecule has 2 rings (SSSR count). The molecule has 0 atom stereocenters. The molecule has 0 radical (unpaired) electrons. The number of nitrogens with zero attached hydrogens (tertiary/aromatic N) is 1. The van der Waals surface area contributed by atoms with Crippen molar-refractivity contribution in [1.82, 2.24) is 0 Å². The number of guanidine groups is 1. The first kappa shape index (κ1) is 22.3. The molecule has 0 aliphatic carbocycles. The molecule has 11 heteroatoms. The number of thioether (sulfide) groups is 1. The molecule has 0 saturated carbocycles. The smallest absolute Gasteiger partial charge is 0.261 e. The van der Waals surface area contributed by atoms with Crippen LogP contribution in [0.5, 0.6) is 0 Å². The monoisotopic (exact) mass is 435 g/mol. The Morgan fingerprint density at radius 2 is 1.65 bits per heavy atom. The van der Waals surface area contributed by atoms with Gasteiger partial charge in [-0.15, -0.1) is 0 Å². The number of hydrogen-bond donors (Lipinski definition) is 3. The van der Waals surface area contributed by atoms with Crippen molar-refractivity contribution in [3.05, 3.63) is 58.1 Å². The number of rotatable bonds is 3. The van der Waals surface area contributed by atoms with E-state index in [2.05, 4.69) is 4.99 Å². The number of halogens is 2. The minimum absolute atomic E-state index is 0.0332. The molecule has 2 aromatic rings. The van der Waals surface area contributed by atoms with Gasteiger partial charge in [-0.3, -0.25) is 9.35 Å². The minimum Gasteiger partial charge on any atom is -0.370 e. The Hall–Kier alpha value is -1.78. The van der Waals surface area contributed by atoms with Crippen LogP contribution >= 0.6 is 35.0 Å². The molecular formula is C15H15Cl2N3O4S2. The van der Waals surface area contributed by atoms with E-state index in [1.807, 2.05) is 0 Å². The van der Waals surface area contributed by atoms with Crippen LogP contribution in [0.3, 0.4) is 0 Å². The lowest BCUT2D eigenvalue weighted by molar-refractivity contribution is 0.108. The number of aliphatic imine (C=N–C) groups is 1. The summed E-state index contributed by atoms with van der Waals surface area (Å²) < 4.78 is 25.9. The number of hydrogen-bond acceptors (Lipinski definition) is 5. The zero-order valence-electron chi connectivity index (χ0n) is 13.4. The third-order valence-corrected chi connectivity index (χ3v) is 4.11. The zero-order valence-corrected chi connectivity index (χ0v) is 16.5. The molecule has 0 unspecified atom stereocenters. The number of nitrogens with two attached hydrogens (primary N) is 2. The second kappa shape index (κ2) is 9.79. The van der Waals surface area contributed by atoms with E-state index in [-0.39, 0.29) is 11.1 Å². The molecule has 7 nitrogen and oxygen atoms in total. The van der Waals surface area contributed by atoms with Crippen LogP contribution < -0.4 is 11.5 Å². The highest BCUT2D eigenvalue weighted by atomic mass is 35.5. The number of carbonyl (C=O) groups is 1. The van der Waals surface area contributed by atoms with Gasteiger partial charge < -0.3 is 11.5 Å². The number of carbonyl (C=O) groups excluding carboxylic acids is 1. The first-order valence-corrected chi connectivity index (χ1v) is 10.2. The molecule has 0 spiro atoms. The molecule has 0 aromatic heterocycles. The SMILES string of the molecule is CS(=O)(=O)O.NC(N)=Nc1ccc(C(=O)Sc2cc(Cl)ccc2Cl)cc1. The quantitative estimate of drug-likeness (QED) is 0.291. The summed E-state index contributed by atoms with van der Waals surface area (Å²) in [5.41, 5.74) is 11.7. The highest BCUT2D eigenvalue weighted by molar-refractivity contribution is 8.14. The Kier molecular flexibility index (Phi) is 8.38. The normalized spacial score (nSPS) is 10.5. The van der Waals surface area contributed by atoms with Crippen molar-refractivity contribution in [2.75, 3.05) is 6.26 Å². The van der Waals surface area contributed by atoms with E-state index < -0.39 is 10.1 Å². The van der Waals surface area contributed by atoms with Crippen LogP contribution in [0.25, 0.3) is 0 Å². The van der Waals surface area contributed by atoms with Gasteiger partial charge >= 0.3 is 0 Å². The van der Waals surface area contributed by atoms with Crippen LogP contribution in [0, 0.1) is 0 Å². The molecule has 0 saturated heterocycles. The third kappa shape index (κ3) is 9.07. The van der Waals surface area contributed by atoms with Gasteiger partial charge in [-0.05, 0) is 54.2 Å². The van der Waals surface area contributed by atoms with Gasteiger partial charge in [0, 0.05) is 15.5 Å². The second-order valence-electron chi connectivity index (χ2n) is 4.78. The van der Waals surface area contributed by atoms with Gasteiger partial charge in [0.05, 0.1) is 17.0 Å². The average molecular weight is 436 g/mol. The Bertz CT molecular complexity index is 905. The van der Waals surface area contributed by atoms with Crippen molar-refractivity contribution in [3.8, 4) is 0 Å². The predicted octanol–water partition coefficient (Wildman–Crippen LogP) is 3.33. The summed E-state index contributed by atoms with van der Waals surface area (Å²) in [4.78, 5) is 16.7. The van der Waals surface area contributed by atoms with Crippen LogP contribution in [0.15, 0.2) is 52.4 Å². The van der Waals surface area contributed by atoms with Crippen LogP contribution in [0.2, 0.25) is 10.0 Å². The van der Waals surface area contributed by atoms with Gasteiger partial charge in [-0.1, -0.05) is 23.2 Å². The fraction of sp³-hybridized carbons (Fsp3) is 0.0667. The van der Waals surface area contributed by atoms with Crippen molar-refractivity contribution in [2.24, 2.45) is 16.5 Å². The van der Waals surface area contributed by atoms with Gasteiger partial charge in [0.25, 0.3) is 10.1 Å². The lowest BCUT2D eigenvalue weighted by Crippen LogP contribution is -2.21. The van der Waals surface area contributed by atoms with Crippen LogP contribution in [0.1, 0.15) is 10.4 Å². The van der Waals surface area contributed by atoms with Gasteiger partial charge in [-0.2, -0.15) is 8.42 Å². The first-order chi connectivity index (χ1) is 12.0. The van der Waals surface area contributed by atoms with E-state index in [1.165, 1.54) is 0 Å². The molecule has 0 bridgehead atoms. The molecule has 2 aromatic carbocycles. The minimum atomic E-state index is -3.67. The predicted molar refractivity (Wildman–Crippen MR) is 106 cm³/mol. The van der Waals surface area contributed by atoms with Crippen LogP contribution in [-0.4, -0.2) is 30.3 Å². The number of benzene rings is 2. The van der Waals surface area contributed by atoms with Crippen molar-refractivity contribution in [1.29, 1.82) is 0 Å². The lowest BCUT2D eigenvalue weighted by Gasteiger charge is -2.04. The first-order valence-electron chi connectivity index (χ1n) is 6.75. The van der Waals surface area contributed by atoms with Crippen LogP contribution in [-0.2, 0) is 10.1 Å². The highest BCUT2D eigenvalue weighted by Crippen LogP contribution is 2.32. The molecule has 26 heavy (non-hydrogen) atoms. The summed E-state index contributed by atoms with van der Waals surface area (Å²) in [6.07, 6.45) is 0.715. The molecule has 0 amide bonds. The van der Waals surface area contributed by atoms with E-state index in [0.29, 0.717) is 32.4 Å². The fourth-order valence-corrected chi connectivity index (χ4v) is 2.81. The van der Waals surface area contributed by atoms with Crippen molar-refractivity contribution in [3.63, 3.8) is 0 Å². The van der Waals surface area contributed by atoms with Crippen LogP contribution in [0.4, 0.5) is 5.69 Å². The third-order valence-electron chi connectivity index (χ3n) is 2.46. The summed E-state index contributed by atoms with van der Waals surface area (Å²) in [6.45, 7) is 0. The Morgan fingerprint density at radius 3 is 2.15 bits per heavy atom. The molecule has 140 valence electrons. The van der Waals surface area contributed by atoms with E-state index in [0.717, 1.165) is 11.8 Å². The van der Waals surface area contributed by atoms with E-state index in [1.54, 1.807) is 42.5 Å².